The van der Waals surface area contributed by atoms with Crippen LogP contribution in [0.4, 0.5) is 10.1 Å². The van der Waals surface area contributed by atoms with Crippen molar-refractivity contribution in [2.75, 3.05) is 18.4 Å². The fourth-order valence-corrected chi connectivity index (χ4v) is 3.07. The molecule has 0 aliphatic carbocycles. The van der Waals surface area contributed by atoms with Crippen LogP contribution in [0, 0.1) is 5.82 Å². The molecular weight excluding hydrogens is 367 g/mol. The van der Waals surface area contributed by atoms with Crippen molar-refractivity contribution in [3.8, 4) is 11.1 Å². The van der Waals surface area contributed by atoms with E-state index in [-0.39, 0.29) is 11.7 Å². The molecule has 4 rings (SSSR count). The number of hydrogen-bond acceptors (Lipinski definition) is 4. The minimum absolute atomic E-state index is 0.137. The fourth-order valence-electron chi connectivity index (χ4n) is 3.07. The Kier molecular flexibility index (Phi) is 5.52. The summed E-state index contributed by atoms with van der Waals surface area (Å²) in [6, 6.07) is 21.4. The summed E-state index contributed by atoms with van der Waals surface area (Å²) in [6.45, 7) is 2.09. The lowest BCUT2D eigenvalue weighted by atomic mass is 10.0. The maximum absolute atomic E-state index is 13.0. The molecule has 0 radical (unpaired) electrons. The number of guanidine groups is 1. The first-order valence-electron chi connectivity index (χ1n) is 9.46. The molecule has 0 unspecified atom stereocenters. The highest BCUT2D eigenvalue weighted by atomic mass is 19.1. The maximum atomic E-state index is 13.0. The number of anilines is 1. The van der Waals surface area contributed by atoms with Crippen LogP contribution in [-0.4, -0.2) is 25.0 Å². The number of aliphatic imine (C=N–C) groups is 1. The van der Waals surface area contributed by atoms with Gasteiger partial charge in [-0.3, -0.25) is 9.79 Å². The second-order valence-corrected chi connectivity index (χ2v) is 6.75. The van der Waals surface area contributed by atoms with Gasteiger partial charge in [-0.25, -0.2) is 4.39 Å². The van der Waals surface area contributed by atoms with Crippen molar-refractivity contribution in [3.63, 3.8) is 0 Å². The lowest BCUT2D eigenvalue weighted by Gasteiger charge is -2.09. The third-order valence-electron chi connectivity index (χ3n) is 4.67. The fraction of sp³-hybridized carbons (Fsp3) is 0.130. The van der Waals surface area contributed by atoms with Gasteiger partial charge >= 0.3 is 0 Å². The topological polar surface area (TPSA) is 65.5 Å². The molecule has 0 saturated carbocycles. The monoisotopic (exact) mass is 388 g/mol. The van der Waals surface area contributed by atoms with Gasteiger partial charge in [0.25, 0.3) is 5.91 Å². The average Bonchev–Trinajstić information content (AvgIpc) is 3.27. The Morgan fingerprint density at radius 2 is 1.59 bits per heavy atom. The van der Waals surface area contributed by atoms with Crippen molar-refractivity contribution < 1.29 is 9.18 Å². The summed E-state index contributed by atoms with van der Waals surface area (Å²) in [5.74, 6) is 0.384. The highest BCUT2D eigenvalue weighted by molar-refractivity contribution is 5.95. The van der Waals surface area contributed by atoms with E-state index >= 15 is 0 Å². The van der Waals surface area contributed by atoms with E-state index in [0.717, 1.165) is 41.4 Å². The van der Waals surface area contributed by atoms with Gasteiger partial charge in [0.2, 0.25) is 0 Å². The van der Waals surface area contributed by atoms with Crippen molar-refractivity contribution in [2.45, 2.75) is 6.54 Å². The van der Waals surface area contributed by atoms with Crippen molar-refractivity contribution >= 4 is 17.6 Å². The molecule has 0 atom stereocenters. The number of hydrogen-bond donors (Lipinski definition) is 3. The van der Waals surface area contributed by atoms with Crippen LogP contribution in [0.25, 0.3) is 11.1 Å². The van der Waals surface area contributed by atoms with Gasteiger partial charge in [-0.05, 0) is 53.1 Å². The van der Waals surface area contributed by atoms with E-state index in [9.17, 15) is 9.18 Å². The van der Waals surface area contributed by atoms with Gasteiger partial charge in [0, 0.05) is 24.3 Å². The molecule has 3 aromatic rings. The second kappa shape index (κ2) is 8.56. The molecule has 1 aliphatic rings. The normalized spacial score (nSPS) is 12.8. The Hall–Kier alpha value is -3.67. The molecule has 146 valence electrons. The minimum Gasteiger partial charge on any atom is -0.354 e. The second-order valence-electron chi connectivity index (χ2n) is 6.75. The minimum atomic E-state index is -0.266. The zero-order valence-electron chi connectivity index (χ0n) is 15.8. The molecule has 0 bridgehead atoms. The molecule has 0 aromatic heterocycles. The van der Waals surface area contributed by atoms with E-state index in [1.54, 1.807) is 24.3 Å². The highest BCUT2D eigenvalue weighted by Gasteiger charge is 2.07. The molecule has 0 fully saturated rings. The van der Waals surface area contributed by atoms with E-state index in [2.05, 4.69) is 20.9 Å². The first kappa shape index (κ1) is 18.7. The first-order chi connectivity index (χ1) is 14.2. The SMILES string of the molecule is O=C(NCc1ccc(NC2=NCCN2)cc1)c1ccc(-c2ccc(F)cc2)cc1. The molecule has 1 amide bonds. The number of amides is 1. The number of rotatable bonds is 5. The first-order valence-corrected chi connectivity index (χ1v) is 9.46. The van der Waals surface area contributed by atoms with E-state index in [0.29, 0.717) is 12.1 Å². The molecule has 6 heteroatoms. The van der Waals surface area contributed by atoms with Crippen LogP contribution in [0.15, 0.2) is 77.8 Å². The summed E-state index contributed by atoms with van der Waals surface area (Å²) in [5, 5.41) is 9.30. The molecule has 3 aromatic carbocycles. The van der Waals surface area contributed by atoms with E-state index < -0.39 is 0 Å². The lowest BCUT2D eigenvalue weighted by molar-refractivity contribution is 0.0951. The summed E-state index contributed by atoms with van der Waals surface area (Å²) in [4.78, 5) is 16.7. The molecule has 5 nitrogen and oxygen atoms in total. The van der Waals surface area contributed by atoms with Crippen LogP contribution in [0.1, 0.15) is 15.9 Å². The summed E-state index contributed by atoms with van der Waals surface area (Å²) in [7, 11) is 0. The largest absolute Gasteiger partial charge is 0.354 e. The summed E-state index contributed by atoms with van der Waals surface area (Å²) < 4.78 is 13.0. The summed E-state index contributed by atoms with van der Waals surface area (Å²) >= 11 is 0. The molecule has 1 heterocycles. The van der Waals surface area contributed by atoms with E-state index in [4.69, 9.17) is 0 Å². The third kappa shape index (κ3) is 4.79. The maximum Gasteiger partial charge on any atom is 0.251 e. The quantitative estimate of drug-likeness (QED) is 0.623. The number of halogens is 1. The van der Waals surface area contributed by atoms with Gasteiger partial charge in [-0.2, -0.15) is 0 Å². The Morgan fingerprint density at radius 3 is 2.21 bits per heavy atom. The van der Waals surface area contributed by atoms with Crippen LogP contribution < -0.4 is 16.0 Å². The predicted octanol–water partition coefficient (Wildman–Crippen LogP) is 3.79. The van der Waals surface area contributed by atoms with Gasteiger partial charge in [-0.1, -0.05) is 36.4 Å². The van der Waals surface area contributed by atoms with E-state index in [1.807, 2.05) is 36.4 Å². The van der Waals surface area contributed by atoms with Crippen molar-refractivity contribution in [2.24, 2.45) is 4.99 Å². The third-order valence-corrected chi connectivity index (χ3v) is 4.67. The van der Waals surface area contributed by atoms with Crippen LogP contribution in [-0.2, 0) is 6.54 Å². The zero-order valence-corrected chi connectivity index (χ0v) is 15.8. The van der Waals surface area contributed by atoms with Gasteiger partial charge < -0.3 is 16.0 Å². The number of nitrogens with zero attached hydrogens (tertiary/aromatic N) is 1. The number of carbonyl (C=O) groups is 1. The predicted molar refractivity (Wildman–Crippen MR) is 113 cm³/mol. The highest BCUT2D eigenvalue weighted by Crippen LogP contribution is 2.20. The molecule has 3 N–H and O–H groups in total. The van der Waals surface area contributed by atoms with Gasteiger partial charge in [0.1, 0.15) is 5.82 Å². The van der Waals surface area contributed by atoms with Crippen LogP contribution in [0.2, 0.25) is 0 Å². The van der Waals surface area contributed by atoms with Crippen LogP contribution >= 0.6 is 0 Å². The lowest BCUT2D eigenvalue weighted by Crippen LogP contribution is -2.26. The van der Waals surface area contributed by atoms with E-state index in [1.165, 1.54) is 12.1 Å². The standard InChI is InChI=1S/C23H21FN4O/c24-20-9-7-18(8-10-20)17-3-5-19(6-4-17)22(29)27-15-16-1-11-21(12-2-16)28-23-25-13-14-26-23/h1-12H,13-15H2,(H,27,29)(H2,25,26,28). The summed E-state index contributed by atoms with van der Waals surface area (Å²) in [6.07, 6.45) is 0. The average molecular weight is 388 g/mol. The number of carbonyl (C=O) groups excluding carboxylic acids is 1. The van der Waals surface area contributed by atoms with Crippen molar-refractivity contribution in [3.05, 3.63) is 89.7 Å². The molecule has 0 spiro atoms. The van der Waals surface area contributed by atoms with Crippen molar-refractivity contribution in [1.29, 1.82) is 0 Å². The number of benzene rings is 3. The van der Waals surface area contributed by atoms with Gasteiger partial charge in [0.15, 0.2) is 5.96 Å². The Morgan fingerprint density at radius 1 is 0.931 bits per heavy atom. The van der Waals surface area contributed by atoms with Gasteiger partial charge in [0.05, 0.1) is 6.54 Å². The molecular formula is C23H21FN4O. The van der Waals surface area contributed by atoms with Crippen LogP contribution in [0.3, 0.4) is 0 Å². The van der Waals surface area contributed by atoms with Gasteiger partial charge in [-0.15, -0.1) is 0 Å². The van der Waals surface area contributed by atoms with Crippen LogP contribution in [0.5, 0.6) is 0 Å². The number of nitrogens with one attached hydrogen (secondary N) is 3. The van der Waals surface area contributed by atoms with Crippen molar-refractivity contribution in [1.82, 2.24) is 10.6 Å². The molecule has 1 aliphatic heterocycles. The summed E-state index contributed by atoms with van der Waals surface area (Å²) in [5.41, 5.74) is 4.38. The Balaban J connectivity index is 1.32. The Labute approximate surface area is 168 Å². The molecule has 0 saturated heterocycles. The molecule has 29 heavy (non-hydrogen) atoms. The smallest absolute Gasteiger partial charge is 0.251 e. The Bertz CT molecular complexity index is 1010. The zero-order chi connectivity index (χ0) is 20.1.